The van der Waals surface area contributed by atoms with E-state index in [0.717, 1.165) is 0 Å². The van der Waals surface area contributed by atoms with Gasteiger partial charge in [-0.1, -0.05) is 74.6 Å². The maximum Gasteiger partial charge on any atom is -1.00 e. The van der Waals surface area contributed by atoms with Gasteiger partial charge in [0, 0.05) is 0 Å². The van der Waals surface area contributed by atoms with Crippen LogP contribution in [-0.4, -0.2) is 4.21 Å². The summed E-state index contributed by atoms with van der Waals surface area (Å²) in [5, 5.41) is 5.60. The van der Waals surface area contributed by atoms with Crippen LogP contribution in [0, 0.1) is 27.7 Å². The largest absolute Gasteiger partial charge is 1.00 e. The molecule has 0 heterocycles. The summed E-state index contributed by atoms with van der Waals surface area (Å²) in [6.07, 6.45) is 0. The van der Waals surface area contributed by atoms with Gasteiger partial charge in [-0.2, -0.15) is 0 Å². The van der Waals surface area contributed by atoms with Crippen LogP contribution in [0.25, 0.3) is 21.5 Å². The van der Waals surface area contributed by atoms with Gasteiger partial charge in [-0.05, 0) is 27.7 Å². The first kappa shape index (κ1) is 33.0. The molecule has 0 N–H and O–H groups in total. The molecule has 0 aliphatic heterocycles. The fourth-order valence-corrected chi connectivity index (χ4v) is 4.25. The van der Waals surface area contributed by atoms with Crippen molar-refractivity contribution < 1.29 is 49.0 Å². The van der Waals surface area contributed by atoms with Gasteiger partial charge in [-0.15, -0.1) is 81.2 Å². The fraction of sp³-hybridized carbons (Fsp3) is 0.387. The van der Waals surface area contributed by atoms with Crippen LogP contribution in [0.3, 0.4) is 0 Å². The summed E-state index contributed by atoms with van der Waals surface area (Å²) < 4.78 is 3.34. The van der Waals surface area contributed by atoms with Crippen molar-refractivity contribution in [3.05, 3.63) is 81.9 Å². The van der Waals surface area contributed by atoms with E-state index < -0.39 is 0 Å². The molecule has 0 unspecified atom stereocenters. The van der Waals surface area contributed by atoms with Crippen molar-refractivity contribution >= 4 is 25.8 Å². The zero-order valence-corrected chi connectivity index (χ0v) is 26.6. The molecular formula is C31H40Cl2Zr-2. The molecule has 4 aromatic carbocycles. The molecule has 0 nitrogen and oxygen atoms in total. The molecular weight excluding hydrogens is 534 g/mol. The molecule has 34 heavy (non-hydrogen) atoms. The summed E-state index contributed by atoms with van der Waals surface area (Å²) in [6.45, 7) is 22.4. The second-order valence-corrected chi connectivity index (χ2v) is 11.0. The maximum absolute atomic E-state index is 3.34. The van der Waals surface area contributed by atoms with E-state index in [4.69, 9.17) is 0 Å². The Hall–Kier alpha value is -1.01. The molecule has 3 heteroatoms. The molecule has 0 saturated carbocycles. The van der Waals surface area contributed by atoms with E-state index in [-0.39, 0.29) is 35.6 Å². The minimum absolute atomic E-state index is 0. The summed E-state index contributed by atoms with van der Waals surface area (Å²) in [5.74, 6) is 0. The van der Waals surface area contributed by atoms with Crippen LogP contribution < -0.4 is 24.8 Å². The normalized spacial score (nSPS) is 11.1. The van der Waals surface area contributed by atoms with E-state index in [1.165, 1.54) is 79.2 Å². The molecule has 0 aliphatic rings. The first-order valence-corrected chi connectivity index (χ1v) is 13.2. The van der Waals surface area contributed by atoms with E-state index >= 15 is 0 Å². The Balaban J connectivity index is 0.000000566. The topological polar surface area (TPSA) is 0 Å². The summed E-state index contributed by atoms with van der Waals surface area (Å²) in [7, 11) is 0. The number of rotatable bonds is 0. The van der Waals surface area contributed by atoms with Crippen molar-refractivity contribution in [2.75, 3.05) is 0 Å². The van der Waals surface area contributed by atoms with Gasteiger partial charge in [0.2, 0.25) is 0 Å². The average molecular weight is 575 g/mol. The third kappa shape index (κ3) is 7.49. The quantitative estimate of drug-likeness (QED) is 0.284. The molecule has 0 bridgehead atoms. The fourth-order valence-electron chi connectivity index (χ4n) is 4.25. The molecule has 0 fully saturated rings. The zero-order chi connectivity index (χ0) is 24.4. The predicted molar refractivity (Wildman–Crippen MR) is 143 cm³/mol. The molecule has 0 aromatic heterocycles. The van der Waals surface area contributed by atoms with Crippen molar-refractivity contribution in [1.82, 2.24) is 0 Å². The summed E-state index contributed by atoms with van der Waals surface area (Å²) in [5.41, 5.74) is 8.94. The van der Waals surface area contributed by atoms with E-state index in [2.05, 4.69) is 122 Å². The Bertz CT molecular complexity index is 1110. The SMILES string of the molecule is Cc1cc2[cH-]cc(C(C)(C)C)c2cc1C.Cc1cc2[cH-]cc(C(C)(C)C)c2cc1C.[CH2]=[Zr+2].[Cl-].[Cl-]. The Kier molecular flexibility index (Phi) is 12.4. The molecule has 0 aliphatic carbocycles. The maximum atomic E-state index is 3.34. The van der Waals surface area contributed by atoms with Gasteiger partial charge in [-0.25, -0.2) is 0 Å². The number of hydrogen-bond donors (Lipinski definition) is 0. The van der Waals surface area contributed by atoms with E-state index in [9.17, 15) is 0 Å². The molecule has 0 atom stereocenters. The minimum atomic E-state index is 0. The van der Waals surface area contributed by atoms with Crippen molar-refractivity contribution in [1.29, 1.82) is 0 Å². The van der Waals surface area contributed by atoms with Gasteiger partial charge >= 0.3 is 28.4 Å². The monoisotopic (exact) mass is 572 g/mol. The third-order valence-electron chi connectivity index (χ3n) is 6.39. The molecule has 184 valence electrons. The Morgan fingerprint density at radius 2 is 0.824 bits per heavy atom. The first-order valence-electron chi connectivity index (χ1n) is 11.5. The van der Waals surface area contributed by atoms with E-state index in [0.29, 0.717) is 0 Å². The van der Waals surface area contributed by atoms with Crippen LogP contribution in [0.1, 0.15) is 74.9 Å². The van der Waals surface area contributed by atoms with Crippen LogP contribution in [0.15, 0.2) is 48.5 Å². The standard InChI is InChI=1S/2C15H19.CH2.2ClH.Zr/c2*1-10-8-12-6-7-14(15(3,4)5)13(12)9-11(10)2;;;;/h2*6-9H,1-5H3;1H2;2*1H;/q2*-1;;;;+2/p-2. The second kappa shape index (κ2) is 12.8. The zero-order valence-electron chi connectivity index (χ0n) is 22.6. The molecule has 0 radical (unpaired) electrons. The molecule has 0 spiro atoms. The second-order valence-electron chi connectivity index (χ2n) is 11.0. The smallest absolute Gasteiger partial charge is 1.00 e. The number of aryl methyl sites for hydroxylation is 4. The van der Waals surface area contributed by atoms with Crippen molar-refractivity contribution in [2.45, 2.75) is 80.1 Å². The summed E-state index contributed by atoms with van der Waals surface area (Å²) in [6, 6.07) is 18.2. The predicted octanol–water partition coefficient (Wildman–Crippen LogP) is 2.92. The van der Waals surface area contributed by atoms with Crippen molar-refractivity contribution in [3.63, 3.8) is 0 Å². The average Bonchev–Trinajstić information content (AvgIpc) is 3.28. The van der Waals surface area contributed by atoms with Crippen LogP contribution in [0.2, 0.25) is 0 Å². The van der Waals surface area contributed by atoms with Gasteiger partial charge in [0.25, 0.3) is 0 Å². The summed E-state index contributed by atoms with van der Waals surface area (Å²) >= 11 is 1.30. The number of benzene rings is 2. The Morgan fingerprint density at radius 3 is 1.09 bits per heavy atom. The molecule has 4 rings (SSSR count). The third-order valence-corrected chi connectivity index (χ3v) is 6.39. The molecule has 0 amide bonds. The molecule has 4 aromatic rings. The number of fused-ring (bicyclic) bond motifs is 2. The van der Waals surface area contributed by atoms with Crippen LogP contribution in [0.4, 0.5) is 0 Å². The van der Waals surface area contributed by atoms with Crippen molar-refractivity contribution in [3.8, 4) is 0 Å². The first-order chi connectivity index (χ1) is 14.8. The summed E-state index contributed by atoms with van der Waals surface area (Å²) in [4.78, 5) is 0. The van der Waals surface area contributed by atoms with Crippen LogP contribution in [0.5, 0.6) is 0 Å². The van der Waals surface area contributed by atoms with Crippen molar-refractivity contribution in [2.24, 2.45) is 0 Å². The van der Waals surface area contributed by atoms with Gasteiger partial charge in [0.1, 0.15) is 0 Å². The van der Waals surface area contributed by atoms with Gasteiger partial charge in [-0.3, -0.25) is 0 Å². The Morgan fingerprint density at radius 1 is 0.559 bits per heavy atom. The van der Waals surface area contributed by atoms with Gasteiger partial charge < -0.3 is 24.8 Å². The Labute approximate surface area is 235 Å². The van der Waals surface area contributed by atoms with E-state index in [1.54, 1.807) is 0 Å². The van der Waals surface area contributed by atoms with Crippen LogP contribution in [-0.2, 0) is 35.1 Å². The minimum Gasteiger partial charge on any atom is -1.00 e. The van der Waals surface area contributed by atoms with Gasteiger partial charge in [0.05, 0.1) is 0 Å². The number of halogens is 2. The molecule has 0 saturated heterocycles. The van der Waals surface area contributed by atoms with Gasteiger partial charge in [0.15, 0.2) is 0 Å². The number of hydrogen-bond acceptors (Lipinski definition) is 0. The van der Waals surface area contributed by atoms with E-state index in [1.807, 2.05) is 0 Å². The van der Waals surface area contributed by atoms with Crippen LogP contribution >= 0.6 is 0 Å².